The lowest BCUT2D eigenvalue weighted by atomic mass is 10.0. The van der Waals surface area contributed by atoms with E-state index in [4.69, 9.17) is 4.74 Å². The molecule has 1 saturated heterocycles. The van der Waals surface area contributed by atoms with Crippen LogP contribution in [-0.4, -0.2) is 62.9 Å². The minimum Gasteiger partial charge on any atom is -0.481 e. The van der Waals surface area contributed by atoms with Gasteiger partial charge in [0.25, 0.3) is 16.1 Å². The van der Waals surface area contributed by atoms with Crippen molar-refractivity contribution in [2.45, 2.75) is 51.7 Å². The van der Waals surface area contributed by atoms with Gasteiger partial charge in [-0.2, -0.15) is 17.4 Å². The number of hydrogen-bond donors (Lipinski definition) is 1. The van der Waals surface area contributed by atoms with Crippen molar-refractivity contribution >= 4 is 16.1 Å². The molecule has 1 aliphatic rings. The van der Waals surface area contributed by atoms with Crippen LogP contribution in [0.3, 0.4) is 0 Å². The second-order valence-corrected chi connectivity index (χ2v) is 9.37. The number of amides is 1. The van der Waals surface area contributed by atoms with E-state index in [1.54, 1.807) is 11.8 Å². The summed E-state index contributed by atoms with van der Waals surface area (Å²) in [6.07, 6.45) is 0.599. The van der Waals surface area contributed by atoms with Crippen molar-refractivity contribution < 1.29 is 17.9 Å². The summed E-state index contributed by atoms with van der Waals surface area (Å²) < 4.78 is 33.6. The molecule has 1 atom stereocenters. The fourth-order valence-electron chi connectivity index (χ4n) is 3.10. The molecule has 1 aliphatic heterocycles. The van der Waals surface area contributed by atoms with E-state index in [2.05, 4.69) is 18.6 Å². The Hall–Kier alpha value is -1.64. The van der Waals surface area contributed by atoms with Crippen molar-refractivity contribution in [1.82, 2.24) is 13.9 Å². The molecule has 0 spiro atoms. The van der Waals surface area contributed by atoms with Gasteiger partial charge in [-0.1, -0.05) is 32.0 Å². The van der Waals surface area contributed by atoms with Crippen LogP contribution in [0.2, 0.25) is 0 Å². The molecule has 1 amide bonds. The molecule has 1 heterocycles. The van der Waals surface area contributed by atoms with Crippen molar-refractivity contribution in [3.05, 3.63) is 29.8 Å². The predicted molar refractivity (Wildman–Crippen MR) is 106 cm³/mol. The maximum Gasteiger partial charge on any atom is 0.279 e. The first kappa shape index (κ1) is 21.7. The quantitative estimate of drug-likeness (QED) is 0.763. The zero-order valence-electron chi connectivity index (χ0n) is 16.8. The van der Waals surface area contributed by atoms with Crippen LogP contribution in [0.15, 0.2) is 24.3 Å². The third-order valence-electron chi connectivity index (χ3n) is 4.80. The van der Waals surface area contributed by atoms with Crippen molar-refractivity contribution in [2.75, 3.05) is 27.2 Å². The van der Waals surface area contributed by atoms with Crippen molar-refractivity contribution in [3.63, 3.8) is 0 Å². The number of para-hydroxylation sites is 1. The molecule has 8 heteroatoms. The van der Waals surface area contributed by atoms with E-state index in [0.717, 1.165) is 15.6 Å². The Morgan fingerprint density at radius 2 is 1.78 bits per heavy atom. The predicted octanol–water partition coefficient (Wildman–Crippen LogP) is 1.96. The number of hydrogen-bond acceptors (Lipinski definition) is 4. The van der Waals surface area contributed by atoms with Crippen LogP contribution < -0.4 is 9.46 Å². The minimum absolute atomic E-state index is 0.0672. The zero-order valence-corrected chi connectivity index (χ0v) is 17.6. The molecule has 1 aromatic rings. The Bertz CT molecular complexity index is 741. The average molecular weight is 398 g/mol. The molecule has 0 radical (unpaired) electrons. The zero-order chi connectivity index (χ0) is 20.2. The number of carbonyl (C=O) groups is 1. The Kier molecular flexibility index (Phi) is 7.25. The molecule has 0 saturated carbocycles. The number of carbonyl (C=O) groups excluding carboxylic acids is 1. The standard InChI is InChI=1S/C19H31N3O4S/c1-14(2)17-8-6-7-9-18(17)26-15(3)19(23)22-12-10-16(11-13-22)20-27(24,25)21(4)5/h6-9,14-16,20H,10-13H2,1-5H3. The van der Waals surface area contributed by atoms with Crippen molar-refractivity contribution in [2.24, 2.45) is 0 Å². The largest absolute Gasteiger partial charge is 0.481 e. The first-order valence-electron chi connectivity index (χ1n) is 9.36. The van der Waals surface area contributed by atoms with E-state index in [-0.39, 0.29) is 11.9 Å². The van der Waals surface area contributed by atoms with Gasteiger partial charge in [0.1, 0.15) is 5.75 Å². The lowest BCUT2D eigenvalue weighted by molar-refractivity contribution is -0.139. The van der Waals surface area contributed by atoms with Crippen LogP contribution >= 0.6 is 0 Å². The molecule has 0 aromatic heterocycles. The summed E-state index contributed by atoms with van der Waals surface area (Å²) in [5, 5.41) is 0. The molecule has 27 heavy (non-hydrogen) atoms. The number of nitrogens with one attached hydrogen (secondary N) is 1. The van der Waals surface area contributed by atoms with Gasteiger partial charge < -0.3 is 9.64 Å². The lowest BCUT2D eigenvalue weighted by Gasteiger charge is -2.34. The van der Waals surface area contributed by atoms with Gasteiger partial charge in [-0.05, 0) is 37.3 Å². The van der Waals surface area contributed by atoms with Gasteiger partial charge in [-0.3, -0.25) is 4.79 Å². The normalized spacial score (nSPS) is 17.4. The molecule has 1 unspecified atom stereocenters. The second-order valence-electron chi connectivity index (χ2n) is 7.46. The smallest absolute Gasteiger partial charge is 0.279 e. The number of rotatable bonds is 7. The van der Waals surface area contributed by atoms with Crippen molar-refractivity contribution in [3.8, 4) is 5.75 Å². The van der Waals surface area contributed by atoms with E-state index >= 15 is 0 Å². The summed E-state index contributed by atoms with van der Waals surface area (Å²) in [5.74, 6) is 0.980. The molecular formula is C19H31N3O4S. The number of likely N-dealkylation sites (tertiary alicyclic amines) is 1. The highest BCUT2D eigenvalue weighted by Crippen LogP contribution is 2.27. The number of benzene rings is 1. The highest BCUT2D eigenvalue weighted by atomic mass is 32.2. The SMILES string of the molecule is CC(Oc1ccccc1C(C)C)C(=O)N1CCC(NS(=O)(=O)N(C)C)CC1. The fraction of sp³-hybridized carbons (Fsp3) is 0.632. The molecular weight excluding hydrogens is 366 g/mol. The second kappa shape index (κ2) is 9.03. The summed E-state index contributed by atoms with van der Waals surface area (Å²) in [7, 11) is -0.460. The molecule has 152 valence electrons. The molecule has 0 aliphatic carbocycles. The maximum absolute atomic E-state index is 12.7. The summed E-state index contributed by atoms with van der Waals surface area (Å²) in [5.41, 5.74) is 1.08. The summed E-state index contributed by atoms with van der Waals surface area (Å²) in [4.78, 5) is 14.5. The Balaban J connectivity index is 1.92. The van der Waals surface area contributed by atoms with E-state index in [1.807, 2.05) is 24.3 Å². The van der Waals surface area contributed by atoms with Crippen LogP contribution in [0.5, 0.6) is 5.75 Å². The Morgan fingerprint density at radius 1 is 1.19 bits per heavy atom. The van der Waals surface area contributed by atoms with Gasteiger partial charge in [-0.25, -0.2) is 0 Å². The van der Waals surface area contributed by atoms with Crippen molar-refractivity contribution in [1.29, 1.82) is 0 Å². The molecule has 1 aromatic carbocycles. The van der Waals surface area contributed by atoms with E-state index in [0.29, 0.717) is 31.8 Å². The van der Waals surface area contributed by atoms with Crippen LogP contribution in [0.1, 0.15) is 45.1 Å². The van der Waals surface area contributed by atoms with Crippen LogP contribution in [0.25, 0.3) is 0 Å². The van der Waals surface area contributed by atoms with Crippen LogP contribution in [0, 0.1) is 0 Å². The molecule has 1 N–H and O–H groups in total. The van der Waals surface area contributed by atoms with Gasteiger partial charge in [0, 0.05) is 33.2 Å². The molecule has 1 fully saturated rings. The average Bonchev–Trinajstić information content (AvgIpc) is 2.61. The number of nitrogens with zero attached hydrogens (tertiary/aromatic N) is 2. The number of ether oxygens (including phenoxy) is 1. The maximum atomic E-state index is 12.7. The monoisotopic (exact) mass is 397 g/mol. The third kappa shape index (κ3) is 5.67. The first-order valence-corrected chi connectivity index (χ1v) is 10.8. The van der Waals surface area contributed by atoms with Gasteiger partial charge >= 0.3 is 0 Å². The van der Waals surface area contributed by atoms with Gasteiger partial charge in [-0.15, -0.1) is 0 Å². The van der Waals surface area contributed by atoms with Gasteiger partial charge in [0.15, 0.2) is 6.10 Å². The summed E-state index contributed by atoms with van der Waals surface area (Å²) in [6, 6.07) is 7.62. The Labute approximate surface area is 162 Å². The first-order chi connectivity index (χ1) is 12.6. The molecule has 0 bridgehead atoms. The third-order valence-corrected chi connectivity index (χ3v) is 6.39. The number of piperidine rings is 1. The van der Waals surface area contributed by atoms with E-state index in [9.17, 15) is 13.2 Å². The highest BCUT2D eigenvalue weighted by molar-refractivity contribution is 7.87. The highest BCUT2D eigenvalue weighted by Gasteiger charge is 2.29. The topological polar surface area (TPSA) is 79.0 Å². The minimum atomic E-state index is -3.45. The molecule has 2 rings (SSSR count). The fourth-order valence-corrected chi connectivity index (χ4v) is 3.96. The lowest BCUT2D eigenvalue weighted by Crippen LogP contribution is -2.51. The van der Waals surface area contributed by atoms with Gasteiger partial charge in [0.2, 0.25) is 0 Å². The van der Waals surface area contributed by atoms with E-state index in [1.165, 1.54) is 14.1 Å². The molecule has 7 nitrogen and oxygen atoms in total. The van der Waals surface area contributed by atoms with Crippen LogP contribution in [-0.2, 0) is 15.0 Å². The van der Waals surface area contributed by atoms with Gasteiger partial charge in [0.05, 0.1) is 0 Å². The summed E-state index contributed by atoms with van der Waals surface area (Å²) >= 11 is 0. The Morgan fingerprint density at radius 3 is 2.33 bits per heavy atom. The van der Waals surface area contributed by atoms with Crippen LogP contribution in [0.4, 0.5) is 0 Å². The summed E-state index contributed by atoms with van der Waals surface area (Å²) in [6.45, 7) is 6.97. The van der Waals surface area contributed by atoms with E-state index < -0.39 is 16.3 Å².